The van der Waals surface area contributed by atoms with Crippen LogP contribution in [0.25, 0.3) is 0 Å². The van der Waals surface area contributed by atoms with Crippen molar-refractivity contribution < 1.29 is 0 Å². The maximum atomic E-state index is 8.86. The van der Waals surface area contributed by atoms with Crippen LogP contribution in [0, 0.1) is 17.2 Å². The Morgan fingerprint density at radius 3 is 2.53 bits per heavy atom. The van der Waals surface area contributed by atoms with E-state index in [1.807, 2.05) is 26.0 Å². The van der Waals surface area contributed by atoms with Crippen LogP contribution >= 0.6 is 11.6 Å². The largest absolute Gasteiger partial charge is 0.396 e. The van der Waals surface area contributed by atoms with Gasteiger partial charge in [-0.2, -0.15) is 5.26 Å². The summed E-state index contributed by atoms with van der Waals surface area (Å²) in [4.78, 5) is 7.93. The number of rotatable bonds is 5. The van der Waals surface area contributed by atoms with Crippen LogP contribution in [0.3, 0.4) is 0 Å². The van der Waals surface area contributed by atoms with Gasteiger partial charge in [-0.25, -0.2) is 4.99 Å². The van der Waals surface area contributed by atoms with Crippen LogP contribution in [-0.2, 0) is 0 Å². The molecule has 90 valence electrons. The number of halogens is 1. The predicted molar refractivity (Wildman–Crippen MR) is 72.8 cm³/mol. The zero-order chi connectivity index (χ0) is 13.3. The van der Waals surface area contributed by atoms with Crippen molar-refractivity contribution >= 4 is 24.0 Å². The fourth-order valence-electron chi connectivity index (χ4n) is 0.682. The first-order chi connectivity index (χ1) is 8.04. The summed E-state index contributed by atoms with van der Waals surface area (Å²) in [5.74, 6) is -0.545. The minimum Gasteiger partial charge on any atom is -0.396 e. The molecule has 5 heteroatoms. The summed E-state index contributed by atoms with van der Waals surface area (Å²) in [6, 6.07) is 2.02. The lowest BCUT2D eigenvalue weighted by Gasteiger charge is -1.96. The van der Waals surface area contributed by atoms with E-state index in [1.165, 1.54) is 18.5 Å². The van der Waals surface area contributed by atoms with Gasteiger partial charge in [0.15, 0.2) is 5.16 Å². The first kappa shape index (κ1) is 15.1. The molecule has 0 saturated carbocycles. The quantitative estimate of drug-likeness (QED) is 0.463. The van der Waals surface area contributed by atoms with Crippen LogP contribution in [0.5, 0.6) is 0 Å². The molecular formula is C12H15ClN4. The highest BCUT2D eigenvalue weighted by atomic mass is 35.5. The van der Waals surface area contributed by atoms with Crippen molar-refractivity contribution in [2.45, 2.75) is 13.8 Å². The molecule has 0 aliphatic carbocycles. The molecule has 2 N–H and O–H groups in total. The zero-order valence-corrected chi connectivity index (χ0v) is 10.6. The van der Waals surface area contributed by atoms with E-state index in [2.05, 4.69) is 16.6 Å². The van der Waals surface area contributed by atoms with E-state index < -0.39 is 5.92 Å². The van der Waals surface area contributed by atoms with Gasteiger partial charge >= 0.3 is 0 Å². The maximum Gasteiger partial charge on any atom is 0.151 e. The lowest BCUT2D eigenvalue weighted by atomic mass is 10.2. The third-order valence-corrected chi connectivity index (χ3v) is 2.13. The molecule has 0 amide bonds. The van der Waals surface area contributed by atoms with Crippen molar-refractivity contribution in [1.29, 1.82) is 5.26 Å². The molecule has 0 rings (SSSR count). The SMILES string of the molecule is C=C/C(N)=C(/Cl)N=C[C@H](C#N)C=N/C(C)=C/C. The van der Waals surface area contributed by atoms with Crippen LogP contribution in [0.1, 0.15) is 13.8 Å². The van der Waals surface area contributed by atoms with E-state index in [1.54, 1.807) is 0 Å². The van der Waals surface area contributed by atoms with E-state index in [9.17, 15) is 0 Å². The van der Waals surface area contributed by atoms with Gasteiger partial charge in [-0.15, -0.1) is 0 Å². The van der Waals surface area contributed by atoms with Crippen molar-refractivity contribution in [2.75, 3.05) is 0 Å². The minimum atomic E-state index is -0.545. The molecule has 0 spiro atoms. The Bertz CT molecular complexity index is 424. The Labute approximate surface area is 107 Å². The standard InChI is InChI=1S/C12H15ClN4/c1-4-9(3)16-7-10(6-14)8-17-12(13)11(15)5-2/h4-5,7-8,10H,2,15H2,1,3H3/b9-4+,12-11+,16-7?,17-8?/t10-/m1/s1. The highest BCUT2D eigenvalue weighted by Crippen LogP contribution is 2.07. The number of allylic oxidation sites excluding steroid dienone is 3. The number of nitrogens with zero attached hydrogens (tertiary/aromatic N) is 3. The van der Waals surface area contributed by atoms with E-state index in [0.29, 0.717) is 0 Å². The molecule has 0 aliphatic heterocycles. The van der Waals surface area contributed by atoms with Crippen LogP contribution in [0.4, 0.5) is 0 Å². The normalized spacial score (nSPS) is 15.8. The van der Waals surface area contributed by atoms with Crippen LogP contribution in [0.15, 0.2) is 45.3 Å². The summed E-state index contributed by atoms with van der Waals surface area (Å²) in [5, 5.41) is 8.97. The van der Waals surface area contributed by atoms with Gasteiger partial charge < -0.3 is 5.73 Å². The number of nitrogens with two attached hydrogens (primary N) is 1. The van der Waals surface area contributed by atoms with E-state index >= 15 is 0 Å². The molecule has 0 radical (unpaired) electrons. The van der Waals surface area contributed by atoms with E-state index in [-0.39, 0.29) is 10.9 Å². The summed E-state index contributed by atoms with van der Waals surface area (Å²) in [7, 11) is 0. The van der Waals surface area contributed by atoms with Gasteiger partial charge in [0.25, 0.3) is 0 Å². The molecule has 4 nitrogen and oxygen atoms in total. The smallest absolute Gasteiger partial charge is 0.151 e. The Balaban J connectivity index is 4.75. The summed E-state index contributed by atoms with van der Waals surface area (Å²) in [5.41, 5.74) is 6.57. The fraction of sp³-hybridized carbons (Fsp3) is 0.250. The summed E-state index contributed by atoms with van der Waals surface area (Å²) in [6.07, 6.45) is 6.10. The van der Waals surface area contributed by atoms with E-state index in [4.69, 9.17) is 22.6 Å². The lowest BCUT2D eigenvalue weighted by molar-refractivity contribution is 1.21. The van der Waals surface area contributed by atoms with Crippen molar-refractivity contribution in [2.24, 2.45) is 21.6 Å². The first-order valence-corrected chi connectivity index (χ1v) is 5.31. The Hall–Kier alpha value is -1.86. The number of hydrogen-bond donors (Lipinski definition) is 1. The average Bonchev–Trinajstić information content (AvgIpc) is 2.36. The number of aliphatic imine (C=N–C) groups is 2. The molecule has 17 heavy (non-hydrogen) atoms. The Morgan fingerprint density at radius 2 is 2.06 bits per heavy atom. The summed E-state index contributed by atoms with van der Waals surface area (Å²) >= 11 is 5.74. The molecule has 0 aromatic rings. The van der Waals surface area contributed by atoms with E-state index in [0.717, 1.165) is 5.70 Å². The third kappa shape index (κ3) is 6.33. The molecule has 1 atom stereocenters. The second-order valence-corrected chi connectivity index (χ2v) is 3.45. The van der Waals surface area contributed by atoms with Crippen LogP contribution in [0.2, 0.25) is 0 Å². The van der Waals surface area contributed by atoms with Gasteiger partial charge in [0.2, 0.25) is 0 Å². The molecule has 0 aliphatic rings. The first-order valence-electron chi connectivity index (χ1n) is 4.93. The number of hydrogen-bond acceptors (Lipinski definition) is 4. The van der Waals surface area contributed by atoms with Gasteiger partial charge in [0.05, 0.1) is 11.8 Å². The van der Waals surface area contributed by atoms with Gasteiger partial charge in [-0.3, -0.25) is 4.99 Å². The second kappa shape index (κ2) is 8.31. The molecule has 0 aromatic carbocycles. The maximum absolute atomic E-state index is 8.86. The second-order valence-electron chi connectivity index (χ2n) is 3.09. The van der Waals surface area contributed by atoms with Gasteiger partial charge in [0.1, 0.15) is 5.92 Å². The highest BCUT2D eigenvalue weighted by Gasteiger charge is 2.00. The molecule has 0 heterocycles. The summed E-state index contributed by atoms with van der Waals surface area (Å²) < 4.78 is 0. The van der Waals surface area contributed by atoms with Crippen molar-refractivity contribution in [1.82, 2.24) is 0 Å². The van der Waals surface area contributed by atoms with Gasteiger partial charge in [-0.1, -0.05) is 24.3 Å². The highest BCUT2D eigenvalue weighted by molar-refractivity contribution is 6.30. The van der Waals surface area contributed by atoms with Crippen molar-refractivity contribution in [3.05, 3.63) is 35.3 Å². The monoisotopic (exact) mass is 250 g/mol. The lowest BCUT2D eigenvalue weighted by Crippen LogP contribution is -2.01. The zero-order valence-electron chi connectivity index (χ0n) is 9.89. The molecule has 0 fully saturated rings. The van der Waals surface area contributed by atoms with Crippen molar-refractivity contribution in [3.63, 3.8) is 0 Å². The third-order valence-electron chi connectivity index (χ3n) is 1.81. The fourth-order valence-corrected chi connectivity index (χ4v) is 0.816. The minimum absolute atomic E-state index is 0.108. The number of nitriles is 1. The average molecular weight is 251 g/mol. The molecular weight excluding hydrogens is 236 g/mol. The van der Waals surface area contributed by atoms with Gasteiger partial charge in [-0.05, 0) is 19.9 Å². The van der Waals surface area contributed by atoms with Crippen LogP contribution in [-0.4, -0.2) is 12.4 Å². The Morgan fingerprint density at radius 1 is 1.47 bits per heavy atom. The summed E-state index contributed by atoms with van der Waals surface area (Å²) in [6.45, 7) is 7.17. The van der Waals surface area contributed by atoms with Gasteiger partial charge in [0, 0.05) is 18.1 Å². The topological polar surface area (TPSA) is 74.5 Å². The molecule has 0 unspecified atom stereocenters. The molecule has 0 bridgehead atoms. The molecule has 0 saturated heterocycles. The molecule has 0 aromatic heterocycles. The van der Waals surface area contributed by atoms with Crippen LogP contribution < -0.4 is 5.73 Å². The van der Waals surface area contributed by atoms with Crippen molar-refractivity contribution in [3.8, 4) is 6.07 Å². The predicted octanol–water partition coefficient (Wildman–Crippen LogP) is 2.74. The Kier molecular flexibility index (Phi) is 7.40.